The summed E-state index contributed by atoms with van der Waals surface area (Å²) in [7, 11) is -3.89. The lowest BCUT2D eigenvalue weighted by molar-refractivity contribution is -0.127. The molecule has 0 spiro atoms. The van der Waals surface area contributed by atoms with Gasteiger partial charge in [0.05, 0.1) is 17.2 Å². The van der Waals surface area contributed by atoms with Crippen molar-refractivity contribution in [1.82, 2.24) is 4.90 Å². The van der Waals surface area contributed by atoms with E-state index >= 15 is 0 Å². The van der Waals surface area contributed by atoms with E-state index in [0.29, 0.717) is 25.4 Å². The van der Waals surface area contributed by atoms with Crippen LogP contribution in [-0.2, 0) is 14.6 Å². The molecule has 0 unspecified atom stereocenters. The second kappa shape index (κ2) is 7.91. The number of ether oxygens (including phenoxy) is 1. The Labute approximate surface area is 171 Å². The number of rotatable bonds is 4. The molecule has 2 aliphatic heterocycles. The van der Waals surface area contributed by atoms with Crippen LogP contribution in [0.25, 0.3) is 0 Å². The molecular formula is C22H24N2O4S. The van der Waals surface area contributed by atoms with E-state index in [4.69, 9.17) is 4.74 Å². The van der Waals surface area contributed by atoms with Crippen molar-refractivity contribution in [2.75, 3.05) is 24.6 Å². The van der Waals surface area contributed by atoms with Gasteiger partial charge in [-0.05, 0) is 62.6 Å². The summed E-state index contributed by atoms with van der Waals surface area (Å²) in [5.74, 6) is 0.318. The fourth-order valence-corrected chi connectivity index (χ4v) is 5.30. The van der Waals surface area contributed by atoms with E-state index in [2.05, 4.69) is 0 Å². The summed E-state index contributed by atoms with van der Waals surface area (Å²) < 4.78 is 32.0. The smallest absolute Gasteiger partial charge is 0.267 e. The minimum absolute atomic E-state index is 0.150. The van der Waals surface area contributed by atoms with Crippen LogP contribution < -0.4 is 9.64 Å². The SMILES string of the molecule is CCOc1ccc(N2C=C(C(=O)N3CCCCC3)S(=O)(=O)c3ccccc32)cc1. The molecule has 2 heterocycles. The third-order valence-corrected chi connectivity index (χ3v) is 7.01. The number of hydrogen-bond acceptors (Lipinski definition) is 5. The molecule has 0 radical (unpaired) electrons. The Morgan fingerprint density at radius 3 is 2.38 bits per heavy atom. The summed E-state index contributed by atoms with van der Waals surface area (Å²) >= 11 is 0. The highest BCUT2D eigenvalue weighted by atomic mass is 32.2. The van der Waals surface area contributed by atoms with Gasteiger partial charge in [0.25, 0.3) is 5.91 Å². The highest BCUT2D eigenvalue weighted by Crippen LogP contribution is 2.40. The summed E-state index contributed by atoms with van der Waals surface area (Å²) in [5.41, 5.74) is 1.30. The van der Waals surface area contributed by atoms with E-state index in [-0.39, 0.29) is 9.80 Å². The normalized spacial score (nSPS) is 18.0. The number of piperidine rings is 1. The van der Waals surface area contributed by atoms with E-state index in [0.717, 1.165) is 30.7 Å². The van der Waals surface area contributed by atoms with Crippen LogP contribution in [0.4, 0.5) is 11.4 Å². The molecule has 1 amide bonds. The average Bonchev–Trinajstić information content (AvgIpc) is 2.75. The number of likely N-dealkylation sites (tertiary alicyclic amines) is 1. The number of anilines is 2. The van der Waals surface area contributed by atoms with E-state index in [1.165, 1.54) is 6.20 Å². The minimum atomic E-state index is -3.89. The zero-order chi connectivity index (χ0) is 20.4. The molecule has 1 saturated heterocycles. The largest absolute Gasteiger partial charge is 0.494 e. The minimum Gasteiger partial charge on any atom is -0.494 e. The van der Waals surface area contributed by atoms with E-state index in [9.17, 15) is 13.2 Å². The second-order valence-corrected chi connectivity index (χ2v) is 9.00. The van der Waals surface area contributed by atoms with E-state index in [1.807, 2.05) is 31.2 Å². The van der Waals surface area contributed by atoms with Gasteiger partial charge in [-0.2, -0.15) is 0 Å². The first kappa shape index (κ1) is 19.5. The maximum absolute atomic E-state index is 13.2. The van der Waals surface area contributed by atoms with Gasteiger partial charge in [0.1, 0.15) is 5.75 Å². The third-order valence-electron chi connectivity index (χ3n) is 5.23. The van der Waals surface area contributed by atoms with Crippen molar-refractivity contribution < 1.29 is 17.9 Å². The molecule has 0 N–H and O–H groups in total. The van der Waals surface area contributed by atoms with Gasteiger partial charge in [-0.3, -0.25) is 4.79 Å². The predicted octanol–water partition coefficient (Wildman–Crippen LogP) is 3.86. The van der Waals surface area contributed by atoms with Gasteiger partial charge in [0.15, 0.2) is 4.91 Å². The van der Waals surface area contributed by atoms with Crippen molar-refractivity contribution in [2.45, 2.75) is 31.1 Å². The Morgan fingerprint density at radius 2 is 1.69 bits per heavy atom. The quantitative estimate of drug-likeness (QED) is 0.763. The molecule has 2 aromatic carbocycles. The van der Waals surface area contributed by atoms with E-state index < -0.39 is 15.7 Å². The number of sulfone groups is 1. The van der Waals surface area contributed by atoms with Crippen LogP contribution in [-0.4, -0.2) is 38.9 Å². The molecule has 0 atom stereocenters. The molecule has 6 nitrogen and oxygen atoms in total. The summed E-state index contributed by atoms with van der Waals surface area (Å²) in [5, 5.41) is 0. The maximum Gasteiger partial charge on any atom is 0.267 e. The highest BCUT2D eigenvalue weighted by molar-refractivity contribution is 7.96. The van der Waals surface area contributed by atoms with Gasteiger partial charge in [-0.1, -0.05) is 12.1 Å². The first-order valence-electron chi connectivity index (χ1n) is 9.89. The number of para-hydroxylation sites is 1. The van der Waals surface area contributed by atoms with Crippen molar-refractivity contribution in [3.63, 3.8) is 0 Å². The molecule has 152 valence electrons. The lowest BCUT2D eigenvalue weighted by Crippen LogP contribution is -2.39. The molecule has 2 aromatic rings. The first-order valence-corrected chi connectivity index (χ1v) is 11.4. The van der Waals surface area contributed by atoms with Gasteiger partial charge in [0, 0.05) is 25.0 Å². The number of carbonyl (C=O) groups is 1. The van der Waals surface area contributed by atoms with Crippen molar-refractivity contribution in [3.05, 3.63) is 59.6 Å². The Morgan fingerprint density at radius 1 is 1.00 bits per heavy atom. The highest BCUT2D eigenvalue weighted by Gasteiger charge is 2.37. The summed E-state index contributed by atoms with van der Waals surface area (Å²) in [6, 6.07) is 14.2. The number of carbonyl (C=O) groups excluding carboxylic acids is 1. The summed E-state index contributed by atoms with van der Waals surface area (Å²) in [6.45, 7) is 3.67. The fourth-order valence-electron chi connectivity index (χ4n) is 3.76. The summed E-state index contributed by atoms with van der Waals surface area (Å²) in [6.07, 6.45) is 4.33. The monoisotopic (exact) mass is 412 g/mol. The van der Waals surface area contributed by atoms with Crippen molar-refractivity contribution in [1.29, 1.82) is 0 Å². The molecule has 0 bridgehead atoms. The Hall–Kier alpha value is -2.80. The van der Waals surface area contributed by atoms with Crippen molar-refractivity contribution in [2.24, 2.45) is 0 Å². The molecule has 0 aliphatic carbocycles. The molecular weight excluding hydrogens is 388 g/mol. The number of hydrogen-bond donors (Lipinski definition) is 0. The molecule has 2 aliphatic rings. The molecule has 7 heteroatoms. The van der Waals surface area contributed by atoms with Crippen LogP contribution >= 0.6 is 0 Å². The van der Waals surface area contributed by atoms with Gasteiger partial charge >= 0.3 is 0 Å². The maximum atomic E-state index is 13.2. The summed E-state index contributed by atoms with van der Waals surface area (Å²) in [4.78, 5) is 16.5. The van der Waals surface area contributed by atoms with Gasteiger partial charge in [0.2, 0.25) is 9.84 Å². The number of nitrogens with zero attached hydrogens (tertiary/aromatic N) is 2. The van der Waals surface area contributed by atoms with Crippen LogP contribution in [0.15, 0.2) is 64.5 Å². The van der Waals surface area contributed by atoms with Crippen molar-refractivity contribution >= 4 is 27.1 Å². The van der Waals surface area contributed by atoms with E-state index in [1.54, 1.807) is 34.1 Å². The first-order chi connectivity index (χ1) is 14.0. The molecule has 29 heavy (non-hydrogen) atoms. The van der Waals surface area contributed by atoms with Gasteiger partial charge in [-0.15, -0.1) is 0 Å². The molecule has 1 fully saturated rings. The van der Waals surface area contributed by atoms with Gasteiger partial charge in [-0.25, -0.2) is 8.42 Å². The number of benzene rings is 2. The van der Waals surface area contributed by atoms with Crippen LogP contribution in [0.1, 0.15) is 26.2 Å². The van der Waals surface area contributed by atoms with Gasteiger partial charge < -0.3 is 14.5 Å². The molecule has 4 rings (SSSR count). The topological polar surface area (TPSA) is 66.9 Å². The fraction of sp³-hybridized carbons (Fsp3) is 0.318. The average molecular weight is 413 g/mol. The van der Waals surface area contributed by atoms with Crippen LogP contribution in [0.3, 0.4) is 0 Å². The van der Waals surface area contributed by atoms with Crippen LogP contribution in [0.5, 0.6) is 5.75 Å². The predicted molar refractivity (Wildman–Crippen MR) is 112 cm³/mol. The zero-order valence-corrected chi connectivity index (χ0v) is 17.2. The lowest BCUT2D eigenvalue weighted by atomic mass is 10.1. The van der Waals surface area contributed by atoms with Crippen molar-refractivity contribution in [3.8, 4) is 5.75 Å². The number of fused-ring (bicyclic) bond motifs is 1. The zero-order valence-electron chi connectivity index (χ0n) is 16.4. The standard InChI is InChI=1S/C22H24N2O4S/c1-2-28-18-12-10-17(11-13-18)24-16-21(22(25)23-14-6-3-7-15-23)29(26,27)20-9-5-4-8-19(20)24/h4-5,8-13,16H,2-3,6-7,14-15H2,1H3. The second-order valence-electron chi connectivity index (χ2n) is 7.11. The lowest BCUT2D eigenvalue weighted by Gasteiger charge is -2.32. The van der Waals surface area contributed by atoms with Crippen LogP contribution in [0.2, 0.25) is 0 Å². The van der Waals surface area contributed by atoms with Crippen LogP contribution in [0, 0.1) is 0 Å². The Bertz CT molecular complexity index is 1040. The number of amides is 1. The third kappa shape index (κ3) is 3.62. The molecule has 0 aromatic heterocycles. The Kier molecular flexibility index (Phi) is 5.32. The Balaban J connectivity index is 1.79. The molecule has 0 saturated carbocycles.